The van der Waals surface area contributed by atoms with E-state index in [1.54, 1.807) is 13.2 Å². The van der Waals surface area contributed by atoms with Gasteiger partial charge in [-0.2, -0.15) is 0 Å². The summed E-state index contributed by atoms with van der Waals surface area (Å²) in [6, 6.07) is 5.66. The van der Waals surface area contributed by atoms with Crippen molar-refractivity contribution in [2.75, 3.05) is 13.7 Å². The van der Waals surface area contributed by atoms with Crippen molar-refractivity contribution >= 4 is 12.3 Å². The summed E-state index contributed by atoms with van der Waals surface area (Å²) in [5.41, 5.74) is 2.32. The van der Waals surface area contributed by atoms with Gasteiger partial charge in [-0.05, 0) is 48.3 Å². The van der Waals surface area contributed by atoms with Crippen molar-refractivity contribution in [2.45, 2.75) is 38.5 Å². The zero-order valence-electron chi connectivity index (χ0n) is 13.8. The average molecular weight is 314 g/mol. The van der Waals surface area contributed by atoms with Crippen LogP contribution in [0.15, 0.2) is 29.8 Å². The molecule has 0 radical (unpaired) electrons. The predicted octanol–water partition coefficient (Wildman–Crippen LogP) is 3.44. The topological polar surface area (TPSA) is 52.6 Å². The van der Waals surface area contributed by atoms with Gasteiger partial charge < -0.3 is 9.47 Å². The molecule has 23 heavy (non-hydrogen) atoms. The number of benzene rings is 1. The number of carbonyl (C=O) groups is 2. The van der Waals surface area contributed by atoms with Crippen molar-refractivity contribution in [3.63, 3.8) is 0 Å². The fraction of sp³-hybridized carbons (Fsp3) is 0.474. The van der Waals surface area contributed by atoms with E-state index in [2.05, 4.69) is 13.8 Å². The minimum absolute atomic E-state index is 0.0226. The van der Waals surface area contributed by atoms with Crippen LogP contribution in [0.25, 0.3) is 0 Å². The van der Waals surface area contributed by atoms with Gasteiger partial charge in [0, 0.05) is 16.4 Å². The van der Waals surface area contributed by atoms with Crippen molar-refractivity contribution in [2.24, 2.45) is 5.41 Å². The van der Waals surface area contributed by atoms with Gasteiger partial charge in [-0.25, -0.2) is 0 Å². The van der Waals surface area contributed by atoms with E-state index in [1.807, 2.05) is 18.2 Å². The lowest BCUT2D eigenvalue weighted by Crippen LogP contribution is -2.44. The molecule has 1 saturated carbocycles. The molecule has 0 saturated heterocycles. The molecule has 4 nitrogen and oxygen atoms in total. The molecule has 0 heterocycles. The highest BCUT2D eigenvalue weighted by Crippen LogP contribution is 2.55. The van der Waals surface area contributed by atoms with Crippen molar-refractivity contribution in [3.05, 3.63) is 41.0 Å². The first-order valence-electron chi connectivity index (χ1n) is 7.95. The van der Waals surface area contributed by atoms with Crippen LogP contribution in [-0.2, 0) is 14.9 Å². The van der Waals surface area contributed by atoms with Crippen LogP contribution in [0.1, 0.15) is 49.0 Å². The van der Waals surface area contributed by atoms with E-state index in [4.69, 9.17) is 9.47 Å². The number of carbonyl (C=O) groups excluding carboxylic acids is 2. The standard InChI is InChI=1S/C19H22O4/c1-18(11-23-12-20)7-4-8-19(2)15-9-13(22-3)5-6-14(15)16(21)10-17(18)19/h5-6,9-10,12H,4,7-8,11H2,1-3H3/t18-,19-/m1/s1. The predicted molar refractivity (Wildman–Crippen MR) is 86.7 cm³/mol. The second-order valence-corrected chi connectivity index (χ2v) is 6.99. The molecule has 1 fully saturated rings. The van der Waals surface area contributed by atoms with E-state index in [9.17, 15) is 9.59 Å². The maximum absolute atomic E-state index is 12.6. The molecular weight excluding hydrogens is 292 g/mol. The number of ether oxygens (including phenoxy) is 2. The van der Waals surface area contributed by atoms with Crippen LogP contribution >= 0.6 is 0 Å². The Kier molecular flexibility index (Phi) is 3.78. The van der Waals surface area contributed by atoms with Gasteiger partial charge >= 0.3 is 0 Å². The summed E-state index contributed by atoms with van der Waals surface area (Å²) in [6.07, 6.45) is 4.68. The Labute approximate surface area is 136 Å². The van der Waals surface area contributed by atoms with Gasteiger partial charge in [0.25, 0.3) is 6.47 Å². The summed E-state index contributed by atoms with van der Waals surface area (Å²) in [4.78, 5) is 23.3. The number of ketones is 1. The maximum atomic E-state index is 12.6. The highest BCUT2D eigenvalue weighted by atomic mass is 16.5. The number of allylic oxidation sites excluding steroid dienone is 1. The molecule has 0 amide bonds. The molecule has 4 heteroatoms. The van der Waals surface area contributed by atoms with Crippen LogP contribution in [0.3, 0.4) is 0 Å². The number of methoxy groups -OCH3 is 1. The van der Waals surface area contributed by atoms with Crippen LogP contribution in [0, 0.1) is 5.41 Å². The van der Waals surface area contributed by atoms with Crippen LogP contribution in [0.2, 0.25) is 0 Å². The van der Waals surface area contributed by atoms with E-state index in [0.29, 0.717) is 13.1 Å². The minimum atomic E-state index is -0.301. The molecule has 122 valence electrons. The van der Waals surface area contributed by atoms with Gasteiger partial charge in [0.15, 0.2) is 5.78 Å². The van der Waals surface area contributed by atoms with Gasteiger partial charge in [0.2, 0.25) is 0 Å². The Morgan fingerprint density at radius 1 is 1.26 bits per heavy atom. The lowest BCUT2D eigenvalue weighted by atomic mass is 9.55. The maximum Gasteiger partial charge on any atom is 0.293 e. The summed E-state index contributed by atoms with van der Waals surface area (Å²) in [6.45, 7) is 5.06. The third-order valence-corrected chi connectivity index (χ3v) is 5.48. The van der Waals surface area contributed by atoms with Gasteiger partial charge in [0.05, 0.1) is 7.11 Å². The monoisotopic (exact) mass is 314 g/mol. The summed E-state index contributed by atoms with van der Waals surface area (Å²) >= 11 is 0. The molecule has 2 atom stereocenters. The first kappa shape index (κ1) is 15.8. The minimum Gasteiger partial charge on any atom is -0.497 e. The molecule has 0 bridgehead atoms. The largest absolute Gasteiger partial charge is 0.497 e. The first-order valence-corrected chi connectivity index (χ1v) is 7.95. The normalized spacial score (nSPS) is 29.2. The molecule has 0 N–H and O–H groups in total. The van der Waals surface area contributed by atoms with Crippen molar-refractivity contribution in [3.8, 4) is 5.75 Å². The van der Waals surface area contributed by atoms with E-state index in [0.717, 1.165) is 41.7 Å². The second kappa shape index (κ2) is 5.52. The molecule has 3 rings (SSSR count). The van der Waals surface area contributed by atoms with Crippen LogP contribution < -0.4 is 4.74 Å². The summed E-state index contributed by atoms with van der Waals surface area (Å²) in [7, 11) is 1.63. The third kappa shape index (κ3) is 2.37. The van der Waals surface area contributed by atoms with Crippen molar-refractivity contribution in [1.29, 1.82) is 0 Å². The third-order valence-electron chi connectivity index (χ3n) is 5.48. The number of fused-ring (bicyclic) bond motifs is 3. The smallest absolute Gasteiger partial charge is 0.293 e. The highest BCUT2D eigenvalue weighted by molar-refractivity contribution is 6.08. The molecular formula is C19H22O4. The Morgan fingerprint density at radius 2 is 2.04 bits per heavy atom. The van der Waals surface area contributed by atoms with Gasteiger partial charge in [0.1, 0.15) is 12.4 Å². The molecule has 0 unspecified atom stereocenters. The lowest BCUT2D eigenvalue weighted by Gasteiger charge is -2.49. The Bertz CT molecular complexity index is 691. The van der Waals surface area contributed by atoms with E-state index < -0.39 is 0 Å². The van der Waals surface area contributed by atoms with Crippen molar-refractivity contribution in [1.82, 2.24) is 0 Å². The molecule has 0 aliphatic heterocycles. The fourth-order valence-electron chi connectivity index (χ4n) is 4.28. The van der Waals surface area contributed by atoms with Crippen LogP contribution in [0.5, 0.6) is 5.75 Å². The SMILES string of the molecule is COc1ccc2c(c1)[C@@]1(C)CCC[C@](C)(COC=O)C1=CC2=O. The molecule has 2 aliphatic carbocycles. The van der Waals surface area contributed by atoms with Gasteiger partial charge in [-0.1, -0.05) is 20.3 Å². The highest BCUT2D eigenvalue weighted by Gasteiger charge is 2.49. The Hall–Kier alpha value is -2.10. The number of rotatable bonds is 4. The average Bonchev–Trinajstić information content (AvgIpc) is 2.55. The van der Waals surface area contributed by atoms with Gasteiger partial charge in [-0.3, -0.25) is 9.59 Å². The molecule has 1 aromatic carbocycles. The zero-order chi connectivity index (χ0) is 16.7. The van der Waals surface area contributed by atoms with Crippen LogP contribution in [0.4, 0.5) is 0 Å². The molecule has 1 aromatic rings. The summed E-state index contributed by atoms with van der Waals surface area (Å²) < 4.78 is 10.4. The van der Waals surface area contributed by atoms with Crippen molar-refractivity contribution < 1.29 is 19.1 Å². The number of hydrogen-bond acceptors (Lipinski definition) is 4. The lowest BCUT2D eigenvalue weighted by molar-refractivity contribution is -0.131. The van der Waals surface area contributed by atoms with Gasteiger partial charge in [-0.15, -0.1) is 0 Å². The fourth-order valence-corrected chi connectivity index (χ4v) is 4.28. The van der Waals surface area contributed by atoms with Crippen LogP contribution in [-0.4, -0.2) is 26.0 Å². The second-order valence-electron chi connectivity index (χ2n) is 6.99. The molecule has 0 aromatic heterocycles. The van der Waals surface area contributed by atoms with E-state index in [1.165, 1.54) is 0 Å². The van der Waals surface area contributed by atoms with E-state index >= 15 is 0 Å². The first-order chi connectivity index (χ1) is 10.9. The van der Waals surface area contributed by atoms with E-state index in [-0.39, 0.29) is 16.6 Å². The summed E-state index contributed by atoms with van der Waals surface area (Å²) in [5, 5.41) is 0. The molecule has 0 spiro atoms. The zero-order valence-corrected chi connectivity index (χ0v) is 13.8. The summed E-state index contributed by atoms with van der Waals surface area (Å²) in [5.74, 6) is 0.782. The molecule has 2 aliphatic rings. The quantitative estimate of drug-likeness (QED) is 0.799. The number of hydrogen-bond donors (Lipinski definition) is 0. The Morgan fingerprint density at radius 3 is 2.74 bits per heavy atom. The Balaban J connectivity index is 2.14.